The summed E-state index contributed by atoms with van der Waals surface area (Å²) in [6, 6.07) is 21.6. The van der Waals surface area contributed by atoms with Gasteiger partial charge in [-0.3, -0.25) is 9.69 Å². The molecule has 0 N–H and O–H groups in total. The summed E-state index contributed by atoms with van der Waals surface area (Å²) in [5.74, 6) is -1.03. The van der Waals surface area contributed by atoms with Crippen LogP contribution in [-0.4, -0.2) is 22.5 Å². The molecule has 1 heterocycles. The van der Waals surface area contributed by atoms with Crippen LogP contribution in [0.15, 0.2) is 72.8 Å². The number of carbonyl (C=O) groups excluding carboxylic acids is 1. The van der Waals surface area contributed by atoms with Crippen LogP contribution in [0.5, 0.6) is 0 Å². The van der Waals surface area contributed by atoms with Gasteiger partial charge in [-0.25, -0.2) is 4.39 Å². The van der Waals surface area contributed by atoms with Crippen molar-refractivity contribution in [2.75, 3.05) is 11.4 Å². The summed E-state index contributed by atoms with van der Waals surface area (Å²) in [5.41, 5.74) is 2.55. The molecule has 3 aromatic rings. The van der Waals surface area contributed by atoms with Crippen molar-refractivity contribution in [3.8, 4) is 0 Å². The molecule has 3 aromatic carbocycles. The molecule has 164 valence electrons. The van der Waals surface area contributed by atoms with Crippen LogP contribution >= 0.6 is 35.4 Å². The van der Waals surface area contributed by atoms with E-state index in [2.05, 4.69) is 6.92 Å². The highest BCUT2D eigenvalue weighted by atomic mass is 35.5. The number of halogens is 3. The minimum absolute atomic E-state index is 0.0528. The summed E-state index contributed by atoms with van der Waals surface area (Å²) in [6.07, 6.45) is 0.530. The second kappa shape index (κ2) is 9.57. The van der Waals surface area contributed by atoms with Crippen molar-refractivity contribution in [3.63, 3.8) is 0 Å². The first kappa shape index (κ1) is 22.7. The largest absolute Gasteiger partial charge is 0.341 e. The fourth-order valence-corrected chi connectivity index (χ4v) is 4.68. The Morgan fingerprint density at radius 2 is 1.75 bits per heavy atom. The molecule has 2 atom stereocenters. The molecule has 0 unspecified atom stereocenters. The van der Waals surface area contributed by atoms with E-state index >= 15 is 0 Å². The molecule has 4 rings (SSSR count). The van der Waals surface area contributed by atoms with Crippen molar-refractivity contribution >= 4 is 52.1 Å². The molecule has 0 saturated carbocycles. The van der Waals surface area contributed by atoms with Crippen molar-refractivity contribution in [2.45, 2.75) is 19.4 Å². The van der Waals surface area contributed by atoms with E-state index in [-0.39, 0.29) is 22.9 Å². The van der Waals surface area contributed by atoms with E-state index in [9.17, 15) is 9.18 Å². The van der Waals surface area contributed by atoms with Gasteiger partial charge in [0.15, 0.2) is 5.11 Å². The lowest BCUT2D eigenvalue weighted by molar-refractivity contribution is -0.123. The first-order valence-electron chi connectivity index (χ1n) is 10.2. The molecule has 7 heteroatoms. The predicted octanol–water partition coefficient (Wildman–Crippen LogP) is 6.69. The summed E-state index contributed by atoms with van der Waals surface area (Å²) >= 11 is 17.8. The highest BCUT2D eigenvalue weighted by molar-refractivity contribution is 7.80. The van der Waals surface area contributed by atoms with Gasteiger partial charge in [0.2, 0.25) is 5.91 Å². The number of nitrogens with zero attached hydrogens (tertiary/aromatic N) is 2. The number of rotatable bonds is 5. The highest BCUT2D eigenvalue weighted by Crippen LogP contribution is 2.33. The van der Waals surface area contributed by atoms with Gasteiger partial charge in [-0.05, 0) is 67.0 Å². The third kappa shape index (κ3) is 4.65. The molecule has 0 radical (unpaired) electrons. The summed E-state index contributed by atoms with van der Waals surface area (Å²) in [5, 5.41) is 0.966. The molecule has 0 aliphatic carbocycles. The Bertz CT molecular complexity index is 1140. The van der Waals surface area contributed by atoms with E-state index in [0.717, 1.165) is 11.1 Å². The number of anilines is 1. The normalized spacial score (nSPS) is 17.6. The van der Waals surface area contributed by atoms with Crippen LogP contribution in [0.3, 0.4) is 0 Å². The van der Waals surface area contributed by atoms with E-state index in [1.54, 1.807) is 0 Å². The zero-order chi connectivity index (χ0) is 22.8. The zero-order valence-corrected chi connectivity index (χ0v) is 19.7. The van der Waals surface area contributed by atoms with Crippen LogP contribution < -0.4 is 4.90 Å². The van der Waals surface area contributed by atoms with Crippen LogP contribution in [0, 0.1) is 11.7 Å². The third-order valence-electron chi connectivity index (χ3n) is 5.73. The Morgan fingerprint density at radius 3 is 2.41 bits per heavy atom. The molecule has 0 aromatic heterocycles. The Morgan fingerprint density at radius 1 is 1.06 bits per heavy atom. The van der Waals surface area contributed by atoms with Gasteiger partial charge in [-0.2, -0.15) is 0 Å². The van der Waals surface area contributed by atoms with E-state index < -0.39 is 5.82 Å². The third-order valence-corrected chi connectivity index (χ3v) is 6.69. The number of carbonyl (C=O) groups is 1. The number of hydrogen-bond acceptors (Lipinski definition) is 2. The number of benzene rings is 3. The highest BCUT2D eigenvalue weighted by Gasteiger charge is 2.39. The molecule has 1 aliphatic heterocycles. The van der Waals surface area contributed by atoms with Crippen LogP contribution in [0.4, 0.5) is 10.1 Å². The smallest absolute Gasteiger partial charge is 0.238 e. The Kier molecular flexibility index (Phi) is 6.79. The SMILES string of the molecule is C[C@H](c1ccccc1)N1C[C@@H](Cc2ccc(Cl)cc2)C(=O)N(c2ccc(F)c(Cl)c2)C1=S. The molecular weight excluding hydrogens is 466 g/mol. The van der Waals surface area contributed by atoms with Crippen molar-refractivity contribution in [3.05, 3.63) is 99.8 Å². The fourth-order valence-electron chi connectivity index (χ4n) is 3.95. The van der Waals surface area contributed by atoms with Crippen LogP contribution in [0.1, 0.15) is 24.1 Å². The van der Waals surface area contributed by atoms with Gasteiger partial charge >= 0.3 is 0 Å². The Balaban J connectivity index is 1.71. The molecule has 32 heavy (non-hydrogen) atoms. The standard InChI is InChI=1S/C25H21Cl2FN2OS/c1-16(18-5-3-2-4-6-18)29-15-19(13-17-7-9-20(26)10-8-17)24(31)30(25(29)32)21-11-12-23(28)22(27)14-21/h2-12,14,16,19H,13,15H2,1H3/t16-,19-/m1/s1. The number of hydrogen-bond donors (Lipinski definition) is 0. The van der Waals surface area contributed by atoms with Crippen LogP contribution in [0.2, 0.25) is 10.0 Å². The fraction of sp³-hybridized carbons (Fsp3) is 0.200. The molecule has 1 aliphatic rings. The lowest BCUT2D eigenvalue weighted by atomic mass is 9.94. The van der Waals surface area contributed by atoms with E-state index in [1.807, 2.05) is 59.5 Å². The average Bonchev–Trinajstić information content (AvgIpc) is 2.79. The van der Waals surface area contributed by atoms with Crippen molar-refractivity contribution in [1.82, 2.24) is 4.90 Å². The first-order valence-corrected chi connectivity index (χ1v) is 11.4. The van der Waals surface area contributed by atoms with Gasteiger partial charge < -0.3 is 4.90 Å². The Hall–Kier alpha value is -2.47. The van der Waals surface area contributed by atoms with Gasteiger partial charge in [0.05, 0.1) is 22.7 Å². The molecule has 1 saturated heterocycles. The lowest BCUT2D eigenvalue weighted by Crippen LogP contribution is -2.57. The van der Waals surface area contributed by atoms with Crippen molar-refractivity contribution in [2.24, 2.45) is 5.92 Å². The second-order valence-corrected chi connectivity index (χ2v) is 9.03. The van der Waals surface area contributed by atoms with Crippen molar-refractivity contribution < 1.29 is 9.18 Å². The molecule has 0 spiro atoms. The molecule has 1 fully saturated rings. The maximum absolute atomic E-state index is 13.8. The quantitative estimate of drug-likeness (QED) is 0.375. The second-order valence-electron chi connectivity index (χ2n) is 7.82. The number of thiocarbonyl (C=S) groups is 1. The maximum Gasteiger partial charge on any atom is 0.238 e. The summed E-state index contributed by atoms with van der Waals surface area (Å²) in [7, 11) is 0. The lowest BCUT2D eigenvalue weighted by Gasteiger charge is -2.44. The Labute approximate surface area is 202 Å². The maximum atomic E-state index is 13.8. The van der Waals surface area contributed by atoms with Crippen LogP contribution in [-0.2, 0) is 11.2 Å². The van der Waals surface area contributed by atoms with E-state index in [4.69, 9.17) is 35.4 Å². The first-order chi connectivity index (χ1) is 15.3. The summed E-state index contributed by atoms with van der Waals surface area (Å²) in [4.78, 5) is 17.1. The topological polar surface area (TPSA) is 23.6 Å². The molecule has 3 nitrogen and oxygen atoms in total. The minimum atomic E-state index is -0.544. The van der Waals surface area contributed by atoms with E-state index in [1.165, 1.54) is 23.1 Å². The monoisotopic (exact) mass is 486 g/mol. The van der Waals surface area contributed by atoms with Crippen molar-refractivity contribution in [1.29, 1.82) is 0 Å². The van der Waals surface area contributed by atoms with Gasteiger partial charge in [0.25, 0.3) is 0 Å². The average molecular weight is 487 g/mol. The van der Waals surface area contributed by atoms with Gasteiger partial charge in [-0.1, -0.05) is 65.7 Å². The minimum Gasteiger partial charge on any atom is -0.341 e. The zero-order valence-electron chi connectivity index (χ0n) is 17.3. The summed E-state index contributed by atoms with van der Waals surface area (Å²) < 4.78 is 13.8. The van der Waals surface area contributed by atoms with Gasteiger partial charge in [0, 0.05) is 11.6 Å². The molecule has 0 bridgehead atoms. The van der Waals surface area contributed by atoms with Gasteiger partial charge in [-0.15, -0.1) is 0 Å². The predicted molar refractivity (Wildman–Crippen MR) is 132 cm³/mol. The molecule has 1 amide bonds. The summed E-state index contributed by atoms with van der Waals surface area (Å²) in [6.45, 7) is 2.54. The van der Waals surface area contributed by atoms with Gasteiger partial charge in [0.1, 0.15) is 5.82 Å². The van der Waals surface area contributed by atoms with E-state index in [0.29, 0.717) is 28.8 Å². The molecular formula is C25H21Cl2FN2OS. The number of amides is 1. The van der Waals surface area contributed by atoms with Crippen LogP contribution in [0.25, 0.3) is 0 Å².